The highest BCUT2D eigenvalue weighted by Crippen LogP contribution is 1.87. The summed E-state index contributed by atoms with van der Waals surface area (Å²) < 4.78 is 10.2. The van der Waals surface area contributed by atoms with Gasteiger partial charge in [0, 0.05) is 13.2 Å². The summed E-state index contributed by atoms with van der Waals surface area (Å²) in [7, 11) is 0. The predicted octanol–water partition coefficient (Wildman–Crippen LogP) is -1.66. The van der Waals surface area contributed by atoms with Gasteiger partial charge in [-0.05, 0) is 6.92 Å². The van der Waals surface area contributed by atoms with E-state index in [9.17, 15) is 5.11 Å². The average Bonchev–Trinajstić information content (AvgIpc) is 2.30. The second-order valence-electron chi connectivity index (χ2n) is 3.40. The van der Waals surface area contributed by atoms with Gasteiger partial charge >= 0.3 is 0 Å². The number of hydrogen-bond donors (Lipinski definition) is 4. The molecule has 98 valence electrons. The van der Waals surface area contributed by atoms with Crippen molar-refractivity contribution >= 4 is 0 Å². The molecule has 0 aliphatic carbocycles. The van der Waals surface area contributed by atoms with E-state index in [1.807, 2.05) is 6.92 Å². The molecule has 1 atom stereocenters. The molecule has 0 saturated carbocycles. The van der Waals surface area contributed by atoms with Crippen molar-refractivity contribution in [3.05, 3.63) is 0 Å². The lowest BCUT2D eigenvalue weighted by molar-refractivity contribution is 0.00440. The van der Waals surface area contributed by atoms with Gasteiger partial charge in [-0.25, -0.2) is 0 Å². The molecular weight excluding hydrogens is 214 g/mol. The van der Waals surface area contributed by atoms with Crippen LogP contribution in [0.15, 0.2) is 0 Å². The van der Waals surface area contributed by atoms with E-state index in [-0.39, 0.29) is 26.4 Å². The summed E-state index contributed by atoms with van der Waals surface area (Å²) in [6.07, 6.45) is -0.651. The Morgan fingerprint density at radius 2 is 1.75 bits per heavy atom. The Bertz CT molecular complexity index is 143. The largest absolute Gasteiger partial charge is 0.395 e. The van der Waals surface area contributed by atoms with E-state index in [1.165, 1.54) is 0 Å². The van der Waals surface area contributed by atoms with Crippen LogP contribution in [0.3, 0.4) is 0 Å². The molecule has 0 radical (unpaired) electrons. The molecule has 0 fully saturated rings. The van der Waals surface area contributed by atoms with Crippen LogP contribution < -0.4 is 5.32 Å². The first-order valence-electron chi connectivity index (χ1n) is 5.53. The minimum Gasteiger partial charge on any atom is -0.395 e. The Hall–Kier alpha value is -0.240. The maximum Gasteiger partial charge on any atom is 0.0897 e. The van der Waals surface area contributed by atoms with Gasteiger partial charge in [0.1, 0.15) is 0 Å². The number of rotatable bonds is 11. The van der Waals surface area contributed by atoms with Crippen LogP contribution in [0.4, 0.5) is 0 Å². The molecule has 0 spiro atoms. The molecule has 0 aromatic heterocycles. The van der Waals surface area contributed by atoms with Crippen LogP contribution in [-0.2, 0) is 9.47 Å². The van der Waals surface area contributed by atoms with Gasteiger partial charge in [0.05, 0.1) is 45.2 Å². The minimum absolute atomic E-state index is 0.158. The van der Waals surface area contributed by atoms with Gasteiger partial charge in [-0.1, -0.05) is 0 Å². The van der Waals surface area contributed by atoms with E-state index in [0.29, 0.717) is 19.8 Å². The number of nitrogens with one attached hydrogen (secondary N) is 1. The van der Waals surface area contributed by atoms with Gasteiger partial charge in [0.25, 0.3) is 0 Å². The fourth-order valence-electron chi connectivity index (χ4n) is 1.03. The Morgan fingerprint density at radius 3 is 2.31 bits per heavy atom. The first kappa shape index (κ1) is 15.8. The topological polar surface area (TPSA) is 91.2 Å². The van der Waals surface area contributed by atoms with Gasteiger partial charge in [-0.15, -0.1) is 0 Å². The summed E-state index contributed by atoms with van der Waals surface area (Å²) >= 11 is 0. The molecule has 0 rings (SSSR count). The summed E-state index contributed by atoms with van der Waals surface area (Å²) in [6.45, 7) is 3.71. The van der Waals surface area contributed by atoms with Gasteiger partial charge in [-0.3, -0.25) is 0 Å². The molecule has 0 aliphatic rings. The zero-order valence-corrected chi connectivity index (χ0v) is 9.76. The zero-order chi connectivity index (χ0) is 12.2. The fraction of sp³-hybridized carbons (Fsp3) is 1.00. The number of aliphatic hydroxyl groups excluding tert-OH is 3. The van der Waals surface area contributed by atoms with Crippen LogP contribution in [-0.4, -0.2) is 73.7 Å². The monoisotopic (exact) mass is 237 g/mol. The second kappa shape index (κ2) is 11.3. The molecule has 4 N–H and O–H groups in total. The van der Waals surface area contributed by atoms with Crippen molar-refractivity contribution in [2.45, 2.75) is 19.1 Å². The normalized spacial score (nSPS) is 13.3. The highest BCUT2D eigenvalue weighted by Gasteiger charge is 2.08. The molecule has 1 unspecified atom stereocenters. The Kier molecular flexibility index (Phi) is 11.1. The summed E-state index contributed by atoms with van der Waals surface area (Å²) in [4.78, 5) is 0. The maximum atomic E-state index is 9.45. The third-order valence-electron chi connectivity index (χ3n) is 1.97. The molecule has 6 heteroatoms. The Labute approximate surface area is 96.2 Å². The summed E-state index contributed by atoms with van der Waals surface area (Å²) in [5.74, 6) is 0. The first-order chi connectivity index (χ1) is 7.74. The molecule has 0 heterocycles. The summed E-state index contributed by atoms with van der Waals surface area (Å²) in [6, 6.07) is -0.391. The van der Waals surface area contributed by atoms with Crippen LogP contribution in [0.25, 0.3) is 0 Å². The molecule has 0 aromatic carbocycles. The van der Waals surface area contributed by atoms with Crippen LogP contribution in [0, 0.1) is 0 Å². The van der Waals surface area contributed by atoms with Crippen LogP contribution in [0.5, 0.6) is 0 Å². The fourth-order valence-corrected chi connectivity index (χ4v) is 1.03. The molecule has 16 heavy (non-hydrogen) atoms. The SMILES string of the molecule is CCOCCOCC(O)CNC(CO)CO. The molecule has 0 aromatic rings. The first-order valence-corrected chi connectivity index (χ1v) is 5.53. The molecule has 6 nitrogen and oxygen atoms in total. The van der Waals surface area contributed by atoms with Crippen molar-refractivity contribution in [2.75, 3.05) is 46.2 Å². The second-order valence-corrected chi connectivity index (χ2v) is 3.40. The van der Waals surface area contributed by atoms with Crippen molar-refractivity contribution in [1.29, 1.82) is 0 Å². The lowest BCUT2D eigenvalue weighted by Gasteiger charge is -2.16. The predicted molar refractivity (Wildman–Crippen MR) is 59.3 cm³/mol. The smallest absolute Gasteiger partial charge is 0.0897 e. The number of aliphatic hydroxyl groups is 3. The average molecular weight is 237 g/mol. The van der Waals surface area contributed by atoms with E-state index >= 15 is 0 Å². The van der Waals surface area contributed by atoms with E-state index in [4.69, 9.17) is 19.7 Å². The molecular formula is C10H23NO5. The number of ether oxygens (including phenoxy) is 2. The van der Waals surface area contributed by atoms with E-state index in [0.717, 1.165) is 0 Å². The van der Waals surface area contributed by atoms with Crippen LogP contribution >= 0.6 is 0 Å². The highest BCUT2D eigenvalue weighted by molar-refractivity contribution is 4.66. The lowest BCUT2D eigenvalue weighted by Crippen LogP contribution is -2.41. The summed E-state index contributed by atoms with van der Waals surface area (Å²) in [5.41, 5.74) is 0. The number of hydrogen-bond acceptors (Lipinski definition) is 6. The highest BCUT2D eigenvalue weighted by atomic mass is 16.5. The van der Waals surface area contributed by atoms with Gasteiger partial charge in [0.15, 0.2) is 0 Å². The molecule has 0 bridgehead atoms. The van der Waals surface area contributed by atoms with E-state index < -0.39 is 12.1 Å². The Morgan fingerprint density at radius 1 is 1.12 bits per heavy atom. The quantitative estimate of drug-likeness (QED) is 0.322. The molecule has 0 saturated heterocycles. The zero-order valence-electron chi connectivity index (χ0n) is 9.76. The van der Waals surface area contributed by atoms with E-state index in [1.54, 1.807) is 0 Å². The van der Waals surface area contributed by atoms with Gasteiger partial charge in [-0.2, -0.15) is 0 Å². The summed E-state index contributed by atoms with van der Waals surface area (Å²) in [5, 5.41) is 29.8. The lowest BCUT2D eigenvalue weighted by atomic mass is 10.3. The molecule has 0 aliphatic heterocycles. The minimum atomic E-state index is -0.651. The van der Waals surface area contributed by atoms with Gasteiger partial charge in [0.2, 0.25) is 0 Å². The van der Waals surface area contributed by atoms with Gasteiger partial charge < -0.3 is 30.1 Å². The van der Waals surface area contributed by atoms with Crippen LogP contribution in [0.1, 0.15) is 6.92 Å². The van der Waals surface area contributed by atoms with Crippen molar-refractivity contribution < 1.29 is 24.8 Å². The van der Waals surface area contributed by atoms with E-state index in [2.05, 4.69) is 5.32 Å². The maximum absolute atomic E-state index is 9.45. The van der Waals surface area contributed by atoms with Crippen molar-refractivity contribution in [3.63, 3.8) is 0 Å². The Balaban J connectivity index is 3.33. The van der Waals surface area contributed by atoms with Crippen LogP contribution in [0.2, 0.25) is 0 Å². The van der Waals surface area contributed by atoms with Crippen molar-refractivity contribution in [1.82, 2.24) is 5.32 Å². The standard InChI is InChI=1S/C10H23NO5/c1-2-15-3-4-16-8-10(14)5-11-9(6-12)7-13/h9-14H,2-8H2,1H3. The molecule has 0 amide bonds. The third kappa shape index (κ3) is 9.02. The third-order valence-corrected chi connectivity index (χ3v) is 1.97. The van der Waals surface area contributed by atoms with Crippen molar-refractivity contribution in [3.8, 4) is 0 Å². The van der Waals surface area contributed by atoms with Crippen molar-refractivity contribution in [2.24, 2.45) is 0 Å².